The van der Waals surface area contributed by atoms with Crippen LogP contribution in [0.1, 0.15) is 30.7 Å². The summed E-state index contributed by atoms with van der Waals surface area (Å²) in [6, 6.07) is 19.3. The number of aliphatic hydroxyl groups is 1. The van der Waals surface area contributed by atoms with E-state index in [1.165, 1.54) is 15.8 Å². The SMILES string of the molecule is CN(C)c1cccc(-n2ccc3c(=O)n(CC4(O)CCN(C(=O)[C@@H]5CCN(C(=O)O)C[C@H]5c5ccccc5)CC4)cnc32)c1. The van der Waals surface area contributed by atoms with Gasteiger partial charge >= 0.3 is 6.09 Å². The Morgan fingerprint density at radius 1 is 1.00 bits per heavy atom. The predicted molar refractivity (Wildman–Crippen MR) is 167 cm³/mol. The fourth-order valence-electron chi connectivity index (χ4n) is 6.61. The molecule has 0 radical (unpaired) electrons. The Bertz CT molecular complexity index is 1720. The number of likely N-dealkylation sites (tertiary alicyclic amines) is 2. The monoisotopic (exact) mass is 598 g/mol. The van der Waals surface area contributed by atoms with Crippen molar-refractivity contribution in [2.45, 2.75) is 37.3 Å². The molecule has 4 heterocycles. The summed E-state index contributed by atoms with van der Waals surface area (Å²) in [6.45, 7) is 1.39. The number of aromatic nitrogens is 3. The third-order valence-electron chi connectivity index (χ3n) is 9.19. The quantitative estimate of drug-likeness (QED) is 0.349. The number of rotatable bonds is 6. The van der Waals surface area contributed by atoms with Crippen LogP contribution in [0.2, 0.25) is 0 Å². The van der Waals surface area contributed by atoms with Gasteiger partial charge in [-0.2, -0.15) is 0 Å². The van der Waals surface area contributed by atoms with E-state index in [1.54, 1.807) is 11.0 Å². The van der Waals surface area contributed by atoms with Crippen molar-refractivity contribution >= 4 is 28.7 Å². The van der Waals surface area contributed by atoms with Crippen LogP contribution in [0.25, 0.3) is 16.7 Å². The van der Waals surface area contributed by atoms with E-state index in [0.29, 0.717) is 49.9 Å². The number of carbonyl (C=O) groups is 2. The fraction of sp³-hybridized carbons (Fsp3) is 0.394. The molecule has 0 aliphatic carbocycles. The van der Waals surface area contributed by atoms with Gasteiger partial charge < -0.3 is 29.5 Å². The van der Waals surface area contributed by atoms with Gasteiger partial charge in [0.05, 0.1) is 17.5 Å². The lowest BCUT2D eigenvalue weighted by molar-refractivity contribution is -0.142. The van der Waals surface area contributed by atoms with Gasteiger partial charge in [-0.05, 0) is 49.1 Å². The molecule has 44 heavy (non-hydrogen) atoms. The van der Waals surface area contributed by atoms with Crippen molar-refractivity contribution in [2.75, 3.05) is 45.2 Å². The highest BCUT2D eigenvalue weighted by Gasteiger charge is 2.41. The first-order chi connectivity index (χ1) is 21.1. The second kappa shape index (κ2) is 11.8. The third kappa shape index (κ3) is 5.67. The fourth-order valence-corrected chi connectivity index (χ4v) is 6.61. The molecule has 2 saturated heterocycles. The molecule has 4 aromatic rings. The van der Waals surface area contributed by atoms with Crippen LogP contribution >= 0.6 is 0 Å². The minimum atomic E-state index is -1.16. The number of hydrogen-bond acceptors (Lipinski definition) is 6. The highest BCUT2D eigenvalue weighted by Crippen LogP contribution is 2.35. The van der Waals surface area contributed by atoms with Crippen LogP contribution < -0.4 is 10.5 Å². The minimum absolute atomic E-state index is 0.00845. The minimum Gasteiger partial charge on any atom is -0.465 e. The number of fused-ring (bicyclic) bond motifs is 1. The molecule has 0 saturated carbocycles. The maximum absolute atomic E-state index is 13.8. The third-order valence-corrected chi connectivity index (χ3v) is 9.19. The second-order valence-electron chi connectivity index (χ2n) is 12.2. The molecule has 11 heteroatoms. The van der Waals surface area contributed by atoms with Crippen molar-refractivity contribution in [1.29, 1.82) is 0 Å². The highest BCUT2D eigenvalue weighted by atomic mass is 16.4. The van der Waals surface area contributed by atoms with E-state index in [0.717, 1.165) is 16.9 Å². The van der Waals surface area contributed by atoms with Gasteiger partial charge in [0.25, 0.3) is 5.56 Å². The lowest BCUT2D eigenvalue weighted by Gasteiger charge is -2.42. The maximum atomic E-state index is 13.8. The van der Waals surface area contributed by atoms with Crippen LogP contribution in [0.5, 0.6) is 0 Å². The lowest BCUT2D eigenvalue weighted by atomic mass is 9.79. The first-order valence-corrected chi connectivity index (χ1v) is 15.0. The van der Waals surface area contributed by atoms with E-state index in [-0.39, 0.29) is 36.4 Å². The molecule has 230 valence electrons. The molecular formula is C33H38N6O5. The van der Waals surface area contributed by atoms with Gasteiger partial charge in [-0.3, -0.25) is 14.2 Å². The average Bonchev–Trinajstić information content (AvgIpc) is 3.47. The summed E-state index contributed by atoms with van der Waals surface area (Å²) in [4.78, 5) is 48.7. The van der Waals surface area contributed by atoms with Gasteiger partial charge in [0.15, 0.2) is 5.65 Å². The van der Waals surface area contributed by atoms with Crippen LogP contribution in [0.3, 0.4) is 0 Å². The van der Waals surface area contributed by atoms with Crippen molar-refractivity contribution in [1.82, 2.24) is 23.9 Å². The van der Waals surface area contributed by atoms with Crippen LogP contribution in [-0.2, 0) is 11.3 Å². The first-order valence-electron chi connectivity index (χ1n) is 15.0. The summed E-state index contributed by atoms with van der Waals surface area (Å²) in [5.41, 5.74) is 2.05. The van der Waals surface area contributed by atoms with Crippen molar-refractivity contribution in [3.8, 4) is 5.69 Å². The number of piperidine rings is 2. The number of anilines is 1. The Kier molecular flexibility index (Phi) is 7.89. The number of benzene rings is 2. The van der Waals surface area contributed by atoms with E-state index in [2.05, 4.69) is 4.98 Å². The molecular weight excluding hydrogens is 560 g/mol. The van der Waals surface area contributed by atoms with Gasteiger partial charge in [-0.15, -0.1) is 0 Å². The van der Waals surface area contributed by atoms with Gasteiger partial charge in [-0.25, -0.2) is 9.78 Å². The van der Waals surface area contributed by atoms with Crippen molar-refractivity contribution < 1.29 is 19.8 Å². The Labute approximate surface area is 255 Å². The van der Waals surface area contributed by atoms with Crippen LogP contribution in [0.4, 0.5) is 10.5 Å². The first kappa shape index (κ1) is 29.4. The zero-order chi connectivity index (χ0) is 31.0. The molecule has 2 N–H and O–H groups in total. The largest absolute Gasteiger partial charge is 0.465 e. The molecule has 2 atom stereocenters. The zero-order valence-electron chi connectivity index (χ0n) is 25.0. The number of carbonyl (C=O) groups excluding carboxylic acids is 1. The predicted octanol–water partition coefficient (Wildman–Crippen LogP) is 3.39. The molecule has 2 aliphatic rings. The molecule has 6 rings (SSSR count). The smallest absolute Gasteiger partial charge is 0.407 e. The van der Waals surface area contributed by atoms with E-state index < -0.39 is 11.7 Å². The molecule has 2 aromatic heterocycles. The zero-order valence-corrected chi connectivity index (χ0v) is 25.0. The lowest BCUT2D eigenvalue weighted by Crippen LogP contribution is -2.53. The summed E-state index contributed by atoms with van der Waals surface area (Å²) in [5, 5.41) is 21.6. The molecule has 2 aliphatic heterocycles. The van der Waals surface area contributed by atoms with E-state index in [9.17, 15) is 24.6 Å². The number of amides is 2. The summed E-state index contributed by atoms with van der Waals surface area (Å²) in [5.74, 6) is -0.579. The summed E-state index contributed by atoms with van der Waals surface area (Å²) in [6.07, 6.45) is 3.45. The van der Waals surface area contributed by atoms with E-state index in [4.69, 9.17) is 0 Å². The standard InChI is InChI=1S/C33H38N6O5/c1-35(2)24-9-6-10-25(19-24)39-16-12-27-29(39)34-22-38(31(27)41)21-33(44)13-17-36(18-14-33)30(40)26-11-15-37(32(42)43)20-28(26)23-7-4-3-5-8-23/h3-10,12,16,19,22,26,28,44H,11,13-15,17-18,20-21H2,1-2H3,(H,42,43)/t26-,28+/m1/s1. The topological polar surface area (TPSA) is 124 Å². The van der Waals surface area contributed by atoms with Crippen LogP contribution in [-0.4, -0.2) is 92.0 Å². The highest BCUT2D eigenvalue weighted by molar-refractivity contribution is 5.81. The summed E-state index contributed by atoms with van der Waals surface area (Å²) >= 11 is 0. The molecule has 0 unspecified atom stereocenters. The van der Waals surface area contributed by atoms with Gasteiger partial charge in [-0.1, -0.05) is 36.4 Å². The van der Waals surface area contributed by atoms with Crippen molar-refractivity contribution in [3.05, 3.63) is 89.1 Å². The molecule has 11 nitrogen and oxygen atoms in total. The maximum Gasteiger partial charge on any atom is 0.407 e. The molecule has 2 aromatic carbocycles. The van der Waals surface area contributed by atoms with Gasteiger partial charge in [0.2, 0.25) is 5.91 Å². The Morgan fingerprint density at radius 3 is 2.45 bits per heavy atom. The molecule has 2 amide bonds. The second-order valence-corrected chi connectivity index (χ2v) is 12.2. The van der Waals surface area contributed by atoms with Crippen LogP contribution in [0.15, 0.2) is 78.0 Å². The molecule has 0 spiro atoms. The Balaban J connectivity index is 1.15. The van der Waals surface area contributed by atoms with Crippen LogP contribution in [0, 0.1) is 5.92 Å². The van der Waals surface area contributed by atoms with Crippen molar-refractivity contribution in [3.63, 3.8) is 0 Å². The summed E-state index contributed by atoms with van der Waals surface area (Å²) in [7, 11) is 3.95. The Hall–Kier alpha value is -4.64. The number of hydrogen-bond donors (Lipinski definition) is 2. The normalized spacial score (nSPS) is 20.1. The van der Waals surface area contributed by atoms with Crippen molar-refractivity contribution in [2.24, 2.45) is 5.92 Å². The number of carboxylic acid groups (broad SMARTS) is 1. The average molecular weight is 599 g/mol. The molecule has 2 fully saturated rings. The van der Waals surface area contributed by atoms with Gasteiger partial charge in [0.1, 0.15) is 6.33 Å². The summed E-state index contributed by atoms with van der Waals surface area (Å²) < 4.78 is 3.35. The van der Waals surface area contributed by atoms with Gasteiger partial charge in [0, 0.05) is 69.7 Å². The molecule has 0 bridgehead atoms. The number of nitrogens with zero attached hydrogens (tertiary/aromatic N) is 6. The van der Waals surface area contributed by atoms with E-state index >= 15 is 0 Å². The van der Waals surface area contributed by atoms with E-state index in [1.807, 2.05) is 84.4 Å². The Morgan fingerprint density at radius 2 is 1.75 bits per heavy atom.